The molecule has 0 amide bonds. The van der Waals surface area contributed by atoms with Crippen molar-refractivity contribution in [1.82, 2.24) is 10.2 Å². The zero-order valence-electron chi connectivity index (χ0n) is 10.5. The Morgan fingerprint density at radius 3 is 3.00 bits per heavy atom. The fourth-order valence-electron chi connectivity index (χ4n) is 2.43. The standard InChI is InChI=1S/C14H13ClN2O2/c1-8-5-6-9-3-2-4-10(9)13(8)19-14-11(18)7-12(15)16-17-14/h5-7H,2-4H2,1H3,(H,16,18). The summed E-state index contributed by atoms with van der Waals surface area (Å²) in [5, 5.41) is 6.59. The van der Waals surface area contributed by atoms with Crippen molar-refractivity contribution in [2.24, 2.45) is 0 Å². The second-order valence-corrected chi connectivity index (χ2v) is 5.10. The minimum atomic E-state index is -0.321. The van der Waals surface area contributed by atoms with Crippen LogP contribution >= 0.6 is 11.6 Å². The van der Waals surface area contributed by atoms with Gasteiger partial charge in [-0.05, 0) is 42.9 Å². The second-order valence-electron chi connectivity index (χ2n) is 4.69. The summed E-state index contributed by atoms with van der Waals surface area (Å²) in [5.74, 6) is 0.795. The van der Waals surface area contributed by atoms with E-state index in [4.69, 9.17) is 16.3 Å². The molecule has 98 valence electrons. The van der Waals surface area contributed by atoms with E-state index in [-0.39, 0.29) is 16.5 Å². The van der Waals surface area contributed by atoms with Crippen molar-refractivity contribution in [3.05, 3.63) is 50.3 Å². The third-order valence-electron chi connectivity index (χ3n) is 3.36. The molecule has 0 saturated carbocycles. The van der Waals surface area contributed by atoms with Crippen molar-refractivity contribution in [3.63, 3.8) is 0 Å². The lowest BCUT2D eigenvalue weighted by Gasteiger charge is -2.12. The summed E-state index contributed by atoms with van der Waals surface area (Å²) in [6.07, 6.45) is 3.17. The molecule has 1 aromatic carbocycles. The van der Waals surface area contributed by atoms with E-state index in [0.717, 1.165) is 30.6 Å². The van der Waals surface area contributed by atoms with E-state index >= 15 is 0 Å². The van der Waals surface area contributed by atoms with Crippen molar-refractivity contribution in [2.75, 3.05) is 0 Å². The lowest BCUT2D eigenvalue weighted by atomic mass is 10.1. The lowest BCUT2D eigenvalue weighted by molar-refractivity contribution is 0.442. The number of nitrogens with one attached hydrogen (secondary N) is 1. The minimum Gasteiger partial charge on any atom is -0.434 e. The summed E-state index contributed by atoms with van der Waals surface area (Å²) in [5.41, 5.74) is 3.18. The molecule has 5 heteroatoms. The first-order valence-electron chi connectivity index (χ1n) is 6.19. The number of aromatic nitrogens is 2. The number of aromatic amines is 1. The molecule has 0 saturated heterocycles. The minimum absolute atomic E-state index is 0.0350. The van der Waals surface area contributed by atoms with Gasteiger partial charge in [-0.2, -0.15) is 0 Å². The van der Waals surface area contributed by atoms with Gasteiger partial charge >= 0.3 is 0 Å². The monoisotopic (exact) mass is 276 g/mol. The van der Waals surface area contributed by atoms with Gasteiger partial charge < -0.3 is 4.74 Å². The zero-order chi connectivity index (χ0) is 13.4. The Balaban J connectivity index is 2.04. The summed E-state index contributed by atoms with van der Waals surface area (Å²) in [7, 11) is 0. The molecular weight excluding hydrogens is 264 g/mol. The van der Waals surface area contributed by atoms with Crippen LogP contribution in [0.5, 0.6) is 11.6 Å². The number of fused-ring (bicyclic) bond motifs is 1. The number of benzene rings is 1. The van der Waals surface area contributed by atoms with E-state index in [1.54, 1.807) is 0 Å². The Labute approximate surface area is 115 Å². The molecule has 0 atom stereocenters. The number of rotatable bonds is 2. The van der Waals surface area contributed by atoms with E-state index in [2.05, 4.69) is 16.3 Å². The first kappa shape index (κ1) is 12.2. The van der Waals surface area contributed by atoms with Gasteiger partial charge in [0, 0.05) is 6.07 Å². The number of halogens is 1. The van der Waals surface area contributed by atoms with Crippen molar-refractivity contribution < 1.29 is 4.74 Å². The van der Waals surface area contributed by atoms with Crippen LogP contribution in [0.3, 0.4) is 0 Å². The summed E-state index contributed by atoms with van der Waals surface area (Å²) < 4.78 is 5.72. The average Bonchev–Trinajstić information content (AvgIpc) is 2.84. The van der Waals surface area contributed by atoms with Crippen molar-refractivity contribution >= 4 is 11.6 Å². The second kappa shape index (κ2) is 4.70. The van der Waals surface area contributed by atoms with Gasteiger partial charge in [0.1, 0.15) is 10.9 Å². The molecule has 0 radical (unpaired) electrons. The predicted octanol–water partition coefficient (Wildman–Crippen LogP) is 3.01. The normalized spacial score (nSPS) is 13.4. The molecule has 0 unspecified atom stereocenters. The van der Waals surface area contributed by atoms with Crippen molar-refractivity contribution in [3.8, 4) is 11.6 Å². The van der Waals surface area contributed by atoms with Crippen LogP contribution < -0.4 is 10.2 Å². The smallest absolute Gasteiger partial charge is 0.285 e. The third kappa shape index (κ3) is 2.24. The maximum absolute atomic E-state index is 11.8. The van der Waals surface area contributed by atoms with Gasteiger partial charge in [0.25, 0.3) is 5.88 Å². The van der Waals surface area contributed by atoms with Crippen molar-refractivity contribution in [1.29, 1.82) is 0 Å². The van der Waals surface area contributed by atoms with Crippen LogP contribution in [-0.4, -0.2) is 10.2 Å². The van der Waals surface area contributed by atoms with Gasteiger partial charge in [0.05, 0.1) is 0 Å². The molecule has 4 nitrogen and oxygen atoms in total. The maximum Gasteiger partial charge on any atom is 0.285 e. The van der Waals surface area contributed by atoms with E-state index in [1.165, 1.54) is 17.2 Å². The Hall–Kier alpha value is -1.81. The van der Waals surface area contributed by atoms with Crippen LogP contribution in [0.1, 0.15) is 23.1 Å². The van der Waals surface area contributed by atoms with Gasteiger partial charge in [-0.25, -0.2) is 0 Å². The molecule has 1 aromatic heterocycles. The molecule has 0 bridgehead atoms. The summed E-state index contributed by atoms with van der Waals surface area (Å²) >= 11 is 5.67. The predicted molar refractivity (Wildman–Crippen MR) is 73.1 cm³/mol. The van der Waals surface area contributed by atoms with E-state index in [1.807, 2.05) is 13.0 Å². The van der Waals surface area contributed by atoms with Crippen LogP contribution in [0.4, 0.5) is 0 Å². The lowest BCUT2D eigenvalue weighted by Crippen LogP contribution is -2.08. The molecule has 2 aromatic rings. The number of aryl methyl sites for hydroxylation is 2. The molecule has 1 heterocycles. The van der Waals surface area contributed by atoms with E-state index in [9.17, 15) is 4.79 Å². The Kier molecular flexibility index (Phi) is 3.03. The topological polar surface area (TPSA) is 55.0 Å². The largest absolute Gasteiger partial charge is 0.434 e. The van der Waals surface area contributed by atoms with E-state index < -0.39 is 0 Å². The third-order valence-corrected chi connectivity index (χ3v) is 3.55. The molecule has 19 heavy (non-hydrogen) atoms. The van der Waals surface area contributed by atoms with Gasteiger partial charge in [-0.3, -0.25) is 9.89 Å². The quantitative estimate of drug-likeness (QED) is 0.917. The molecular formula is C14H13ClN2O2. The van der Waals surface area contributed by atoms with Crippen LogP contribution in [0, 0.1) is 6.92 Å². The van der Waals surface area contributed by atoms with Gasteiger partial charge in [-0.15, -0.1) is 5.10 Å². The number of hydrogen-bond acceptors (Lipinski definition) is 3. The van der Waals surface area contributed by atoms with Gasteiger partial charge in [0.15, 0.2) is 0 Å². The first-order valence-corrected chi connectivity index (χ1v) is 6.57. The molecule has 0 fully saturated rings. The van der Waals surface area contributed by atoms with Crippen molar-refractivity contribution in [2.45, 2.75) is 26.2 Å². The number of hydrogen-bond donors (Lipinski definition) is 1. The number of nitrogens with zero attached hydrogens (tertiary/aromatic N) is 1. The van der Waals surface area contributed by atoms with Gasteiger partial charge in [0.2, 0.25) is 5.43 Å². The Morgan fingerprint density at radius 1 is 1.37 bits per heavy atom. The Bertz CT molecular complexity index is 694. The van der Waals surface area contributed by atoms with Crippen LogP contribution in [0.15, 0.2) is 23.0 Å². The average molecular weight is 277 g/mol. The number of ether oxygens (including phenoxy) is 1. The zero-order valence-corrected chi connectivity index (χ0v) is 11.3. The van der Waals surface area contributed by atoms with E-state index in [0.29, 0.717) is 0 Å². The molecule has 1 aliphatic carbocycles. The Morgan fingerprint density at radius 2 is 2.21 bits per heavy atom. The van der Waals surface area contributed by atoms with Crippen LogP contribution in [0.25, 0.3) is 0 Å². The highest BCUT2D eigenvalue weighted by molar-refractivity contribution is 6.29. The summed E-state index contributed by atoms with van der Waals surface area (Å²) in [4.78, 5) is 11.8. The van der Waals surface area contributed by atoms with Crippen LogP contribution in [0.2, 0.25) is 5.15 Å². The summed E-state index contributed by atoms with van der Waals surface area (Å²) in [6.45, 7) is 1.97. The maximum atomic E-state index is 11.8. The SMILES string of the molecule is Cc1ccc2c(c1Oc1n[nH]c(Cl)cc1=O)CCC2. The first-order chi connectivity index (χ1) is 9.15. The fraction of sp³-hybridized carbons (Fsp3) is 0.286. The molecule has 0 aliphatic heterocycles. The molecule has 1 aliphatic rings. The van der Waals surface area contributed by atoms with Gasteiger partial charge in [-0.1, -0.05) is 23.7 Å². The van der Waals surface area contributed by atoms with Crippen LogP contribution in [-0.2, 0) is 12.8 Å². The summed E-state index contributed by atoms with van der Waals surface area (Å²) in [6, 6.07) is 5.41. The number of H-pyrrole nitrogens is 1. The molecule has 3 rings (SSSR count). The molecule has 0 spiro atoms. The molecule has 1 N–H and O–H groups in total. The highest BCUT2D eigenvalue weighted by atomic mass is 35.5. The highest BCUT2D eigenvalue weighted by Gasteiger charge is 2.19. The fourth-order valence-corrected chi connectivity index (χ4v) is 2.57. The highest BCUT2D eigenvalue weighted by Crippen LogP contribution is 2.35.